The molecule has 124 valence electrons. The highest BCUT2D eigenvalue weighted by atomic mass is 16.5. The molecule has 1 atom stereocenters. The van der Waals surface area contributed by atoms with Gasteiger partial charge in [-0.15, -0.1) is 0 Å². The number of aromatic nitrogens is 2. The van der Waals surface area contributed by atoms with Crippen molar-refractivity contribution in [1.82, 2.24) is 9.55 Å². The molecule has 0 amide bonds. The van der Waals surface area contributed by atoms with E-state index in [1.807, 2.05) is 6.92 Å². The van der Waals surface area contributed by atoms with Gasteiger partial charge in [0, 0.05) is 18.0 Å². The predicted octanol–water partition coefficient (Wildman–Crippen LogP) is 1.74. The summed E-state index contributed by atoms with van der Waals surface area (Å²) in [6, 6.07) is 4.81. The van der Waals surface area contributed by atoms with Crippen molar-refractivity contribution >= 4 is 23.0 Å². The quantitative estimate of drug-likeness (QED) is 0.815. The van der Waals surface area contributed by atoms with Gasteiger partial charge < -0.3 is 19.8 Å². The summed E-state index contributed by atoms with van der Waals surface area (Å²) in [7, 11) is 0. The molecule has 0 aliphatic carbocycles. The Morgan fingerprint density at radius 1 is 1.22 bits per heavy atom. The zero-order chi connectivity index (χ0) is 17.0. The third kappa shape index (κ3) is 3.68. The van der Waals surface area contributed by atoms with Gasteiger partial charge in [0.05, 0.1) is 13.2 Å². The minimum Gasteiger partial charge on any atom is -0.461 e. The number of hydrogen-bond donors (Lipinski definition) is 1. The number of nitrogens with two attached hydrogens (primary N) is 1. The zero-order valence-corrected chi connectivity index (χ0v) is 13.5. The molecule has 0 saturated carbocycles. The lowest BCUT2D eigenvalue weighted by Gasteiger charge is -2.12. The van der Waals surface area contributed by atoms with E-state index in [1.54, 1.807) is 36.6 Å². The van der Waals surface area contributed by atoms with Crippen molar-refractivity contribution in [3.8, 4) is 0 Å². The second-order valence-electron chi connectivity index (χ2n) is 5.17. The summed E-state index contributed by atoms with van der Waals surface area (Å²) in [5.41, 5.74) is 6.94. The van der Waals surface area contributed by atoms with E-state index in [1.165, 1.54) is 0 Å². The predicted molar refractivity (Wildman–Crippen MR) is 85.3 cm³/mol. The molecular weight excluding hydrogens is 298 g/mol. The second-order valence-corrected chi connectivity index (χ2v) is 5.17. The first-order valence-electron chi connectivity index (χ1n) is 7.58. The summed E-state index contributed by atoms with van der Waals surface area (Å²) in [6.45, 7) is 6.24. The number of hydrogen-bond acceptors (Lipinski definition) is 6. The lowest BCUT2D eigenvalue weighted by molar-refractivity contribution is 0.0508. The molecule has 2 aromatic rings. The number of ether oxygens (including phenoxy) is 2. The Bertz CT molecular complexity index is 721. The SMILES string of the molecule is CCOC(=O)c1ccc2cc(C(=O)OCC)n(CC(C)N)c2n1. The van der Waals surface area contributed by atoms with Gasteiger partial charge in [0.2, 0.25) is 0 Å². The minimum absolute atomic E-state index is 0.188. The van der Waals surface area contributed by atoms with E-state index in [4.69, 9.17) is 15.2 Å². The number of rotatable bonds is 6. The van der Waals surface area contributed by atoms with Crippen LogP contribution >= 0.6 is 0 Å². The molecule has 2 rings (SSSR count). The van der Waals surface area contributed by atoms with Crippen LogP contribution in [-0.4, -0.2) is 40.7 Å². The molecule has 23 heavy (non-hydrogen) atoms. The van der Waals surface area contributed by atoms with Crippen LogP contribution < -0.4 is 5.73 Å². The first kappa shape index (κ1) is 17.0. The van der Waals surface area contributed by atoms with Crippen molar-refractivity contribution in [3.05, 3.63) is 29.6 Å². The third-order valence-electron chi connectivity index (χ3n) is 3.18. The maximum absolute atomic E-state index is 12.1. The number of fused-ring (bicyclic) bond motifs is 1. The highest BCUT2D eigenvalue weighted by molar-refractivity contribution is 5.96. The number of esters is 2. The summed E-state index contributed by atoms with van der Waals surface area (Å²) in [4.78, 5) is 28.3. The molecule has 2 heterocycles. The first-order valence-corrected chi connectivity index (χ1v) is 7.58. The number of nitrogens with zero attached hydrogens (tertiary/aromatic N) is 2. The first-order chi connectivity index (χ1) is 11.0. The van der Waals surface area contributed by atoms with Gasteiger partial charge in [0.1, 0.15) is 11.3 Å². The fraction of sp³-hybridized carbons (Fsp3) is 0.438. The minimum atomic E-state index is -0.499. The third-order valence-corrected chi connectivity index (χ3v) is 3.18. The average Bonchev–Trinajstić information content (AvgIpc) is 2.85. The van der Waals surface area contributed by atoms with Crippen LogP contribution in [0.25, 0.3) is 11.0 Å². The van der Waals surface area contributed by atoms with Gasteiger partial charge >= 0.3 is 11.9 Å². The maximum atomic E-state index is 12.1. The van der Waals surface area contributed by atoms with Crippen LogP contribution in [0, 0.1) is 0 Å². The molecule has 7 heteroatoms. The van der Waals surface area contributed by atoms with Crippen molar-refractivity contribution in [2.45, 2.75) is 33.4 Å². The average molecular weight is 319 g/mol. The summed E-state index contributed by atoms with van der Waals surface area (Å²) in [6.07, 6.45) is 0. The van der Waals surface area contributed by atoms with Crippen molar-refractivity contribution in [2.75, 3.05) is 13.2 Å². The van der Waals surface area contributed by atoms with Gasteiger partial charge in [-0.1, -0.05) is 0 Å². The Morgan fingerprint density at radius 3 is 2.48 bits per heavy atom. The van der Waals surface area contributed by atoms with Crippen LogP contribution in [0.1, 0.15) is 41.7 Å². The monoisotopic (exact) mass is 319 g/mol. The summed E-state index contributed by atoms with van der Waals surface area (Å²) >= 11 is 0. The van der Waals surface area contributed by atoms with Crippen molar-refractivity contribution in [3.63, 3.8) is 0 Å². The summed E-state index contributed by atoms with van der Waals surface area (Å²) in [5.74, 6) is -0.940. The van der Waals surface area contributed by atoms with Crippen LogP contribution in [0.4, 0.5) is 0 Å². The van der Waals surface area contributed by atoms with Crippen molar-refractivity contribution in [2.24, 2.45) is 5.73 Å². The van der Waals surface area contributed by atoms with Gasteiger partial charge in [-0.25, -0.2) is 14.6 Å². The molecule has 0 fully saturated rings. The van der Waals surface area contributed by atoms with Gasteiger partial charge in [0.25, 0.3) is 0 Å². The molecule has 0 spiro atoms. The van der Waals surface area contributed by atoms with Gasteiger partial charge in [0.15, 0.2) is 5.69 Å². The lowest BCUT2D eigenvalue weighted by Crippen LogP contribution is -2.25. The fourth-order valence-corrected chi connectivity index (χ4v) is 2.29. The van der Waals surface area contributed by atoms with E-state index in [0.29, 0.717) is 17.9 Å². The molecule has 0 aliphatic rings. The molecule has 1 unspecified atom stereocenters. The summed E-state index contributed by atoms with van der Waals surface area (Å²) in [5, 5.41) is 0.738. The molecular formula is C16H21N3O4. The molecule has 2 aromatic heterocycles. The van der Waals surface area contributed by atoms with Gasteiger partial charge in [-0.05, 0) is 39.0 Å². The fourth-order valence-electron chi connectivity index (χ4n) is 2.29. The maximum Gasteiger partial charge on any atom is 0.356 e. The molecule has 0 saturated heterocycles. The molecule has 2 N–H and O–H groups in total. The molecule has 0 aliphatic heterocycles. The zero-order valence-electron chi connectivity index (χ0n) is 13.5. The van der Waals surface area contributed by atoms with Crippen molar-refractivity contribution < 1.29 is 19.1 Å². The second kappa shape index (κ2) is 7.23. The Hall–Kier alpha value is -2.41. The van der Waals surface area contributed by atoms with E-state index in [0.717, 1.165) is 5.39 Å². The van der Waals surface area contributed by atoms with E-state index < -0.39 is 11.9 Å². The Labute approximate surface area is 134 Å². The molecule has 0 bridgehead atoms. The molecule has 0 aromatic carbocycles. The Balaban J connectivity index is 2.55. The van der Waals surface area contributed by atoms with E-state index >= 15 is 0 Å². The topological polar surface area (TPSA) is 96.4 Å². The van der Waals surface area contributed by atoms with Crippen molar-refractivity contribution in [1.29, 1.82) is 0 Å². The molecule has 0 radical (unpaired) electrons. The van der Waals surface area contributed by atoms with Crippen LogP contribution in [0.5, 0.6) is 0 Å². The van der Waals surface area contributed by atoms with Crippen LogP contribution in [0.3, 0.4) is 0 Å². The number of pyridine rings is 1. The Morgan fingerprint density at radius 2 is 1.87 bits per heavy atom. The van der Waals surface area contributed by atoms with Crippen LogP contribution in [0.15, 0.2) is 18.2 Å². The largest absolute Gasteiger partial charge is 0.461 e. The van der Waals surface area contributed by atoms with Crippen LogP contribution in [0.2, 0.25) is 0 Å². The normalized spacial score (nSPS) is 12.2. The molecule has 7 nitrogen and oxygen atoms in total. The number of carbonyl (C=O) groups excluding carboxylic acids is 2. The summed E-state index contributed by atoms with van der Waals surface area (Å²) < 4.78 is 11.7. The van der Waals surface area contributed by atoms with E-state index in [-0.39, 0.29) is 24.9 Å². The smallest absolute Gasteiger partial charge is 0.356 e. The van der Waals surface area contributed by atoms with Gasteiger partial charge in [-0.3, -0.25) is 0 Å². The number of carbonyl (C=O) groups is 2. The van der Waals surface area contributed by atoms with Crippen LogP contribution in [-0.2, 0) is 16.0 Å². The highest BCUT2D eigenvalue weighted by Gasteiger charge is 2.20. The highest BCUT2D eigenvalue weighted by Crippen LogP contribution is 2.20. The standard InChI is InChI=1S/C16H21N3O4/c1-4-22-15(20)12-7-6-11-8-13(16(21)23-5-2)19(9-10(3)17)14(11)18-12/h6-8,10H,4-5,9,17H2,1-3H3. The van der Waals surface area contributed by atoms with Gasteiger partial charge in [-0.2, -0.15) is 0 Å². The van der Waals surface area contributed by atoms with E-state index in [9.17, 15) is 9.59 Å². The Kier molecular flexibility index (Phi) is 5.33. The lowest BCUT2D eigenvalue weighted by atomic mass is 10.3. The van der Waals surface area contributed by atoms with E-state index in [2.05, 4.69) is 4.98 Å².